The monoisotopic (exact) mass is 285 g/mol. The van der Waals surface area contributed by atoms with E-state index in [2.05, 4.69) is 5.32 Å². The van der Waals surface area contributed by atoms with E-state index >= 15 is 0 Å². The van der Waals surface area contributed by atoms with Gasteiger partial charge in [0.15, 0.2) is 0 Å². The third kappa shape index (κ3) is 3.38. The fraction of sp³-hybridized carbons (Fsp3) is 0.583. The van der Waals surface area contributed by atoms with E-state index < -0.39 is 0 Å². The fourth-order valence-electron chi connectivity index (χ4n) is 1.94. The first-order valence-corrected chi connectivity index (χ1v) is 8.34. The van der Waals surface area contributed by atoms with E-state index in [1.54, 1.807) is 12.3 Å². The minimum absolute atomic E-state index is 0.0234. The van der Waals surface area contributed by atoms with Gasteiger partial charge in [-0.3, -0.25) is 4.79 Å². The Bertz CT molecular complexity index is 413. The van der Waals surface area contributed by atoms with Crippen LogP contribution in [0.1, 0.15) is 17.4 Å². The second kappa shape index (κ2) is 6.43. The van der Waals surface area contributed by atoms with Crippen molar-refractivity contribution >= 4 is 35.1 Å². The summed E-state index contributed by atoms with van der Waals surface area (Å²) in [7, 11) is 0. The Balaban J connectivity index is 1.90. The van der Waals surface area contributed by atoms with Crippen molar-refractivity contribution in [3.05, 3.63) is 18.0 Å². The predicted molar refractivity (Wildman–Crippen MR) is 80.4 cm³/mol. The summed E-state index contributed by atoms with van der Waals surface area (Å²) in [4.78, 5) is 12.1. The molecule has 0 aliphatic carbocycles. The van der Waals surface area contributed by atoms with Gasteiger partial charge in [0.25, 0.3) is 5.91 Å². The summed E-state index contributed by atoms with van der Waals surface area (Å²) in [5, 5.41) is 3.54. The number of amides is 1. The van der Waals surface area contributed by atoms with Crippen molar-refractivity contribution in [3.63, 3.8) is 0 Å². The highest BCUT2D eigenvalue weighted by Gasteiger charge is 2.17. The quantitative estimate of drug-likeness (QED) is 0.883. The fourth-order valence-corrected chi connectivity index (χ4v) is 4.55. The van der Waals surface area contributed by atoms with Crippen LogP contribution in [0.15, 0.2) is 12.3 Å². The first-order chi connectivity index (χ1) is 8.70. The molecular formula is C12H19N3OS2. The molecule has 1 aromatic rings. The normalized spacial score (nSPS) is 19.7. The molecule has 1 unspecified atom stereocenters. The van der Waals surface area contributed by atoms with E-state index in [4.69, 9.17) is 5.73 Å². The molecule has 4 nitrogen and oxygen atoms in total. The number of hydrogen-bond donors (Lipinski definition) is 2. The largest absolute Gasteiger partial charge is 0.397 e. The highest BCUT2D eigenvalue weighted by molar-refractivity contribution is 8.06. The van der Waals surface area contributed by atoms with Crippen LogP contribution < -0.4 is 11.1 Å². The Morgan fingerprint density at radius 1 is 1.61 bits per heavy atom. The van der Waals surface area contributed by atoms with E-state index in [0.29, 0.717) is 16.6 Å². The number of nitrogen functional groups attached to an aromatic ring is 1. The Morgan fingerprint density at radius 2 is 2.44 bits per heavy atom. The molecule has 1 saturated heterocycles. The van der Waals surface area contributed by atoms with Gasteiger partial charge in [0.2, 0.25) is 0 Å². The van der Waals surface area contributed by atoms with E-state index in [0.717, 1.165) is 18.8 Å². The Labute approximate surface area is 116 Å². The van der Waals surface area contributed by atoms with Gasteiger partial charge in [-0.05, 0) is 13.0 Å². The molecule has 0 aromatic carbocycles. The van der Waals surface area contributed by atoms with Gasteiger partial charge in [0.05, 0.1) is 5.69 Å². The molecule has 3 N–H and O–H groups in total. The number of nitrogens with zero attached hydrogens (tertiary/aromatic N) is 1. The summed E-state index contributed by atoms with van der Waals surface area (Å²) in [5.41, 5.74) is 7.02. The molecule has 2 heterocycles. The molecule has 0 bridgehead atoms. The van der Waals surface area contributed by atoms with Crippen LogP contribution in [0, 0.1) is 0 Å². The summed E-state index contributed by atoms with van der Waals surface area (Å²) in [6, 6.07) is 1.74. The summed E-state index contributed by atoms with van der Waals surface area (Å²) < 4.78 is 1.88. The highest BCUT2D eigenvalue weighted by Crippen LogP contribution is 2.23. The lowest BCUT2D eigenvalue weighted by atomic mass is 10.3. The molecule has 18 heavy (non-hydrogen) atoms. The zero-order valence-electron chi connectivity index (χ0n) is 10.5. The zero-order chi connectivity index (χ0) is 13.0. The van der Waals surface area contributed by atoms with Crippen LogP contribution in [0.3, 0.4) is 0 Å². The van der Waals surface area contributed by atoms with Crippen LogP contribution >= 0.6 is 23.5 Å². The summed E-state index contributed by atoms with van der Waals surface area (Å²) >= 11 is 3.91. The molecule has 0 saturated carbocycles. The maximum atomic E-state index is 12.1. The van der Waals surface area contributed by atoms with Gasteiger partial charge in [-0.2, -0.15) is 23.5 Å². The lowest BCUT2D eigenvalue weighted by Crippen LogP contribution is -2.34. The third-order valence-electron chi connectivity index (χ3n) is 2.87. The smallest absolute Gasteiger partial charge is 0.268 e. The van der Waals surface area contributed by atoms with Crippen LogP contribution in [0.25, 0.3) is 0 Å². The van der Waals surface area contributed by atoms with Crippen LogP contribution in [-0.4, -0.2) is 39.5 Å². The van der Waals surface area contributed by atoms with Crippen molar-refractivity contribution in [3.8, 4) is 0 Å². The standard InChI is InChI=1S/C12H19N3OS2/c1-2-15-7-9(13)5-11(15)12(16)14-6-10-8-17-3-4-18-10/h5,7,10H,2-4,6,8,13H2,1H3,(H,14,16). The topological polar surface area (TPSA) is 60.0 Å². The Hall–Kier alpha value is -0.750. The summed E-state index contributed by atoms with van der Waals surface area (Å²) in [6.45, 7) is 3.50. The molecule has 0 spiro atoms. The van der Waals surface area contributed by atoms with Gasteiger partial charge in [-0.25, -0.2) is 0 Å². The Morgan fingerprint density at radius 3 is 3.11 bits per heavy atom. The first kappa shape index (κ1) is 13.7. The van der Waals surface area contributed by atoms with Crippen LogP contribution in [-0.2, 0) is 6.54 Å². The molecule has 1 atom stereocenters. The number of anilines is 1. The number of carbonyl (C=O) groups is 1. The first-order valence-electron chi connectivity index (χ1n) is 6.14. The maximum Gasteiger partial charge on any atom is 0.268 e. The second-order valence-electron chi connectivity index (χ2n) is 4.22. The third-order valence-corrected chi connectivity index (χ3v) is 5.71. The van der Waals surface area contributed by atoms with Crippen molar-refractivity contribution in [2.45, 2.75) is 18.7 Å². The lowest BCUT2D eigenvalue weighted by Gasteiger charge is -2.21. The van der Waals surface area contributed by atoms with Crippen molar-refractivity contribution in [2.75, 3.05) is 29.5 Å². The lowest BCUT2D eigenvalue weighted by molar-refractivity contribution is 0.0945. The zero-order valence-corrected chi connectivity index (χ0v) is 12.1. The molecule has 0 radical (unpaired) electrons. The van der Waals surface area contributed by atoms with Gasteiger partial charge < -0.3 is 15.6 Å². The Kier molecular flexibility index (Phi) is 4.88. The number of rotatable bonds is 4. The van der Waals surface area contributed by atoms with E-state index in [9.17, 15) is 4.79 Å². The molecule has 1 fully saturated rings. The van der Waals surface area contributed by atoms with Crippen molar-refractivity contribution in [1.29, 1.82) is 0 Å². The van der Waals surface area contributed by atoms with Crippen LogP contribution in [0.4, 0.5) is 5.69 Å². The van der Waals surface area contributed by atoms with Crippen LogP contribution in [0.5, 0.6) is 0 Å². The number of aryl methyl sites for hydroxylation is 1. The molecule has 1 aliphatic heterocycles. The molecule has 6 heteroatoms. The number of nitrogens with two attached hydrogens (primary N) is 1. The molecule has 100 valence electrons. The highest BCUT2D eigenvalue weighted by atomic mass is 32.2. The van der Waals surface area contributed by atoms with Gasteiger partial charge in [-0.1, -0.05) is 0 Å². The average molecular weight is 285 g/mol. The van der Waals surface area contributed by atoms with Gasteiger partial charge in [-0.15, -0.1) is 0 Å². The van der Waals surface area contributed by atoms with E-state index in [1.807, 2.05) is 35.0 Å². The SMILES string of the molecule is CCn1cc(N)cc1C(=O)NCC1CSCCS1. The summed E-state index contributed by atoms with van der Waals surface area (Å²) in [6.07, 6.45) is 1.81. The van der Waals surface area contributed by atoms with E-state index in [1.165, 1.54) is 11.5 Å². The number of aromatic nitrogens is 1. The van der Waals surface area contributed by atoms with Crippen molar-refractivity contribution in [1.82, 2.24) is 9.88 Å². The van der Waals surface area contributed by atoms with Crippen molar-refractivity contribution in [2.24, 2.45) is 0 Å². The summed E-state index contributed by atoms with van der Waals surface area (Å²) in [5.74, 6) is 3.51. The number of carbonyl (C=O) groups excluding carboxylic acids is 1. The number of thioether (sulfide) groups is 2. The minimum atomic E-state index is -0.0234. The molecular weight excluding hydrogens is 266 g/mol. The van der Waals surface area contributed by atoms with Crippen LogP contribution in [0.2, 0.25) is 0 Å². The number of hydrogen-bond acceptors (Lipinski definition) is 4. The minimum Gasteiger partial charge on any atom is -0.397 e. The molecule has 1 aromatic heterocycles. The molecule has 1 aliphatic rings. The molecule has 1 amide bonds. The molecule has 2 rings (SSSR count). The van der Waals surface area contributed by atoms with Crippen molar-refractivity contribution < 1.29 is 4.79 Å². The second-order valence-corrected chi connectivity index (χ2v) is 6.78. The van der Waals surface area contributed by atoms with Gasteiger partial charge in [0, 0.05) is 41.8 Å². The van der Waals surface area contributed by atoms with E-state index in [-0.39, 0.29) is 5.91 Å². The number of nitrogens with one attached hydrogen (secondary N) is 1. The maximum absolute atomic E-state index is 12.1. The average Bonchev–Trinajstić information content (AvgIpc) is 2.78. The predicted octanol–water partition coefficient (Wildman–Crippen LogP) is 1.67. The van der Waals surface area contributed by atoms with Gasteiger partial charge >= 0.3 is 0 Å². The van der Waals surface area contributed by atoms with Gasteiger partial charge in [0.1, 0.15) is 5.69 Å².